The molecule has 166 valence electrons. The van der Waals surface area contributed by atoms with Crippen LogP contribution in [0.2, 0.25) is 0 Å². The van der Waals surface area contributed by atoms with Gasteiger partial charge in [0.25, 0.3) is 0 Å². The van der Waals surface area contributed by atoms with Crippen LogP contribution < -0.4 is 0 Å². The first-order chi connectivity index (χ1) is 17.3. The smallest absolute Gasteiger partial charge is 0.137 e. The molecule has 0 atom stereocenters. The van der Waals surface area contributed by atoms with Crippen LogP contribution in [0.5, 0.6) is 0 Å². The van der Waals surface area contributed by atoms with Crippen molar-refractivity contribution in [1.82, 2.24) is 9.55 Å². The van der Waals surface area contributed by atoms with Crippen LogP contribution >= 0.6 is 11.3 Å². The fourth-order valence-electron chi connectivity index (χ4n) is 5.54. The minimum atomic E-state index is 0.937. The number of benzene rings is 4. The van der Waals surface area contributed by atoms with Gasteiger partial charge in [0.1, 0.15) is 16.4 Å². The van der Waals surface area contributed by atoms with Crippen LogP contribution in [0, 0.1) is 0 Å². The van der Waals surface area contributed by atoms with E-state index in [1.54, 1.807) is 11.3 Å². The van der Waals surface area contributed by atoms with Gasteiger partial charge < -0.3 is 8.98 Å². The summed E-state index contributed by atoms with van der Waals surface area (Å²) in [7, 11) is 0. The molecule has 7 aromatic rings. The molecule has 1 aliphatic rings. The third-order valence-corrected chi connectivity index (χ3v) is 8.18. The summed E-state index contributed by atoms with van der Waals surface area (Å²) in [4.78, 5) is 5.17. The number of hydrogen-bond acceptors (Lipinski definition) is 3. The van der Waals surface area contributed by atoms with Crippen LogP contribution in [0.4, 0.5) is 0 Å². The van der Waals surface area contributed by atoms with E-state index in [4.69, 9.17) is 9.40 Å². The molecule has 0 saturated carbocycles. The minimum Gasteiger partial charge on any atom is -0.456 e. The lowest BCUT2D eigenvalue weighted by Gasteiger charge is -2.07. The number of rotatable bonds is 2. The Labute approximate surface area is 205 Å². The topological polar surface area (TPSA) is 31.0 Å². The van der Waals surface area contributed by atoms with Crippen LogP contribution in [-0.4, -0.2) is 9.55 Å². The molecule has 0 aliphatic heterocycles. The Balaban J connectivity index is 1.37. The summed E-state index contributed by atoms with van der Waals surface area (Å²) in [6.45, 7) is 0. The fourth-order valence-corrected chi connectivity index (χ4v) is 6.51. The number of hydrogen-bond donors (Lipinski definition) is 0. The van der Waals surface area contributed by atoms with Crippen molar-refractivity contribution >= 4 is 60.4 Å². The highest BCUT2D eigenvalue weighted by Crippen LogP contribution is 2.41. The van der Waals surface area contributed by atoms with Crippen molar-refractivity contribution in [2.75, 3.05) is 0 Å². The Kier molecular flexibility index (Phi) is 3.93. The fraction of sp³-hybridized carbons (Fsp3) is 0.0645. The van der Waals surface area contributed by atoms with E-state index in [1.807, 2.05) is 0 Å². The summed E-state index contributed by atoms with van der Waals surface area (Å²) in [6.07, 6.45) is 6.36. The first-order valence-electron chi connectivity index (χ1n) is 12.0. The third kappa shape index (κ3) is 2.74. The number of thiazole rings is 1. The molecule has 35 heavy (non-hydrogen) atoms. The SMILES string of the molecule is C1=Cc2oc3ccc4sc(-c5ccc6c(c5)c5ccccc5n6-c5ccccc5)nc4c3c2CC1. The van der Waals surface area contributed by atoms with E-state index in [-0.39, 0.29) is 0 Å². The van der Waals surface area contributed by atoms with Gasteiger partial charge in [0.15, 0.2) is 0 Å². The molecule has 3 nitrogen and oxygen atoms in total. The average Bonchev–Trinajstić information content (AvgIpc) is 3.60. The van der Waals surface area contributed by atoms with Gasteiger partial charge in [-0.1, -0.05) is 42.5 Å². The summed E-state index contributed by atoms with van der Waals surface area (Å²) in [6, 6.07) is 30.2. The zero-order chi connectivity index (χ0) is 22.9. The maximum atomic E-state index is 6.14. The molecule has 0 fully saturated rings. The first-order valence-corrected chi connectivity index (χ1v) is 12.8. The highest BCUT2D eigenvalue weighted by atomic mass is 32.1. The van der Waals surface area contributed by atoms with Gasteiger partial charge >= 0.3 is 0 Å². The van der Waals surface area contributed by atoms with Crippen LogP contribution in [0.15, 0.2) is 95.4 Å². The van der Waals surface area contributed by atoms with Crippen molar-refractivity contribution in [3.63, 3.8) is 0 Å². The van der Waals surface area contributed by atoms with Gasteiger partial charge in [0.2, 0.25) is 0 Å². The molecule has 0 spiro atoms. The standard InChI is InChI=1S/C31H20N2OS/c1-2-8-20(9-3-1)33-24-12-6-4-10-21(24)23-18-19(14-15-25(23)33)31-32-30-28(35-31)17-16-27-29(30)22-11-5-7-13-26(22)34-27/h1-4,6-10,12-18H,5,11H2. The molecule has 0 N–H and O–H groups in total. The van der Waals surface area contributed by atoms with E-state index in [0.717, 1.165) is 40.3 Å². The molecular formula is C31H20N2OS. The van der Waals surface area contributed by atoms with E-state index < -0.39 is 0 Å². The van der Waals surface area contributed by atoms with Gasteiger partial charge in [-0.25, -0.2) is 4.98 Å². The first kappa shape index (κ1) is 19.2. The number of allylic oxidation sites excluding steroid dienone is 1. The Bertz CT molecular complexity index is 1950. The lowest BCUT2D eigenvalue weighted by Crippen LogP contribution is -1.92. The summed E-state index contributed by atoms with van der Waals surface area (Å²) in [5, 5.41) is 4.74. The number of fused-ring (bicyclic) bond motifs is 8. The molecule has 0 radical (unpaired) electrons. The predicted molar refractivity (Wildman–Crippen MR) is 147 cm³/mol. The van der Waals surface area contributed by atoms with Crippen molar-refractivity contribution in [2.24, 2.45) is 0 Å². The maximum absolute atomic E-state index is 6.14. The van der Waals surface area contributed by atoms with Gasteiger partial charge in [-0.3, -0.25) is 0 Å². The Morgan fingerprint density at radius 2 is 1.69 bits per heavy atom. The minimum absolute atomic E-state index is 0.937. The molecule has 3 heterocycles. The van der Waals surface area contributed by atoms with E-state index in [0.29, 0.717) is 0 Å². The van der Waals surface area contributed by atoms with Gasteiger partial charge in [-0.15, -0.1) is 11.3 Å². The molecule has 0 amide bonds. The van der Waals surface area contributed by atoms with Gasteiger partial charge in [-0.05, 0) is 67.4 Å². The van der Waals surface area contributed by atoms with Crippen molar-refractivity contribution in [3.8, 4) is 16.3 Å². The molecule has 4 heteroatoms. The predicted octanol–water partition coefficient (Wildman–Crippen LogP) is 8.77. The van der Waals surface area contributed by atoms with E-state index in [9.17, 15) is 0 Å². The summed E-state index contributed by atoms with van der Waals surface area (Å²) in [5.41, 5.74) is 8.05. The molecule has 8 rings (SSSR count). The number of aromatic nitrogens is 2. The Morgan fingerprint density at radius 1 is 0.829 bits per heavy atom. The number of para-hydroxylation sites is 2. The van der Waals surface area contributed by atoms with Crippen molar-refractivity contribution in [2.45, 2.75) is 12.8 Å². The molecular weight excluding hydrogens is 448 g/mol. The second kappa shape index (κ2) is 7.17. The second-order valence-corrected chi connectivity index (χ2v) is 10.1. The lowest BCUT2D eigenvalue weighted by molar-refractivity contribution is 0.595. The Morgan fingerprint density at radius 3 is 2.63 bits per heavy atom. The van der Waals surface area contributed by atoms with Crippen LogP contribution in [0.1, 0.15) is 17.7 Å². The Hall–Kier alpha value is -4.15. The normalized spacial score (nSPS) is 13.4. The average molecular weight is 469 g/mol. The lowest BCUT2D eigenvalue weighted by atomic mass is 10.0. The van der Waals surface area contributed by atoms with Gasteiger partial charge in [0, 0.05) is 27.6 Å². The number of nitrogens with zero attached hydrogens (tertiary/aromatic N) is 2. The quantitative estimate of drug-likeness (QED) is 0.254. The second-order valence-electron chi connectivity index (χ2n) is 9.11. The molecule has 0 saturated heterocycles. The third-order valence-electron chi connectivity index (χ3n) is 7.11. The maximum Gasteiger partial charge on any atom is 0.137 e. The highest BCUT2D eigenvalue weighted by Gasteiger charge is 2.20. The van der Waals surface area contributed by atoms with Crippen LogP contribution in [0.3, 0.4) is 0 Å². The van der Waals surface area contributed by atoms with Gasteiger partial charge in [-0.2, -0.15) is 0 Å². The summed E-state index contributed by atoms with van der Waals surface area (Å²) < 4.78 is 9.69. The number of aryl methyl sites for hydroxylation is 1. The number of furan rings is 1. The summed E-state index contributed by atoms with van der Waals surface area (Å²) >= 11 is 1.76. The van der Waals surface area contributed by atoms with Crippen LogP contribution in [0.25, 0.3) is 65.3 Å². The molecule has 0 bridgehead atoms. The summed E-state index contributed by atoms with van der Waals surface area (Å²) in [5.74, 6) is 0.989. The zero-order valence-electron chi connectivity index (χ0n) is 18.9. The zero-order valence-corrected chi connectivity index (χ0v) is 19.7. The highest BCUT2D eigenvalue weighted by molar-refractivity contribution is 7.21. The molecule has 3 aromatic heterocycles. The monoisotopic (exact) mass is 468 g/mol. The van der Waals surface area contributed by atoms with E-state index in [1.165, 1.54) is 43.1 Å². The van der Waals surface area contributed by atoms with Crippen molar-refractivity contribution in [3.05, 3.63) is 102 Å². The van der Waals surface area contributed by atoms with E-state index >= 15 is 0 Å². The largest absolute Gasteiger partial charge is 0.456 e. The molecule has 0 unspecified atom stereocenters. The molecule has 4 aromatic carbocycles. The van der Waals surface area contributed by atoms with Gasteiger partial charge in [0.05, 0.1) is 26.6 Å². The molecule has 1 aliphatic carbocycles. The van der Waals surface area contributed by atoms with Crippen molar-refractivity contribution < 1.29 is 4.42 Å². The van der Waals surface area contributed by atoms with Crippen molar-refractivity contribution in [1.29, 1.82) is 0 Å². The van der Waals surface area contributed by atoms with E-state index in [2.05, 4.69) is 102 Å². The van der Waals surface area contributed by atoms with Crippen LogP contribution in [-0.2, 0) is 6.42 Å².